The van der Waals surface area contributed by atoms with Crippen LogP contribution in [0.5, 0.6) is 5.75 Å². The number of carbonyl (C=O) groups is 1. The molecule has 2 heterocycles. The molecule has 0 bridgehead atoms. The number of nitrogens with zero attached hydrogens (tertiary/aromatic N) is 4. The number of fused-ring (bicyclic) bond motifs is 3. The maximum absolute atomic E-state index is 11.6. The van der Waals surface area contributed by atoms with Crippen LogP contribution in [-0.4, -0.2) is 45.8 Å². The van der Waals surface area contributed by atoms with Crippen LogP contribution in [0.1, 0.15) is 33.4 Å². The van der Waals surface area contributed by atoms with Crippen LogP contribution < -0.4 is 21.5 Å². The number of amidine groups is 1. The Morgan fingerprint density at radius 2 is 2.17 bits per heavy atom. The van der Waals surface area contributed by atoms with Crippen molar-refractivity contribution in [2.45, 2.75) is 45.8 Å². The highest BCUT2D eigenvalue weighted by atomic mass is 16.5. The molecule has 0 aliphatic carbocycles. The van der Waals surface area contributed by atoms with Crippen molar-refractivity contribution in [2.24, 2.45) is 21.5 Å². The van der Waals surface area contributed by atoms with Gasteiger partial charge in [-0.2, -0.15) is 0 Å². The molecule has 1 aromatic carbocycles. The van der Waals surface area contributed by atoms with Gasteiger partial charge in [0.1, 0.15) is 29.4 Å². The number of carbonyl (C=O) groups excluding carboxylic acids is 1. The zero-order valence-corrected chi connectivity index (χ0v) is 17.1. The summed E-state index contributed by atoms with van der Waals surface area (Å²) in [5, 5.41) is 3.14. The Bertz CT molecular complexity index is 973. The first-order chi connectivity index (χ1) is 13.7. The van der Waals surface area contributed by atoms with E-state index in [-0.39, 0.29) is 6.04 Å². The molecule has 1 aromatic heterocycles. The van der Waals surface area contributed by atoms with Crippen LogP contribution in [0.15, 0.2) is 34.4 Å². The number of aliphatic imine (C=N–C) groups is 2. The van der Waals surface area contributed by atoms with Crippen molar-refractivity contribution >= 4 is 23.8 Å². The summed E-state index contributed by atoms with van der Waals surface area (Å²) in [4.78, 5) is 25.0. The molecule has 5 N–H and O–H groups in total. The van der Waals surface area contributed by atoms with Crippen LogP contribution in [0.2, 0.25) is 0 Å². The average Bonchev–Trinajstić information content (AvgIpc) is 2.97. The molecule has 0 spiro atoms. The van der Waals surface area contributed by atoms with Gasteiger partial charge in [0.05, 0.1) is 18.4 Å². The Kier molecular flexibility index (Phi) is 5.58. The van der Waals surface area contributed by atoms with E-state index >= 15 is 0 Å². The monoisotopic (exact) mass is 397 g/mol. The van der Waals surface area contributed by atoms with Gasteiger partial charge in [-0.3, -0.25) is 9.79 Å². The van der Waals surface area contributed by atoms with E-state index in [1.54, 1.807) is 13.8 Å². The van der Waals surface area contributed by atoms with Gasteiger partial charge < -0.3 is 26.1 Å². The second kappa shape index (κ2) is 7.94. The van der Waals surface area contributed by atoms with Gasteiger partial charge in [-0.1, -0.05) is 0 Å². The molecule has 0 unspecified atom stereocenters. The lowest BCUT2D eigenvalue weighted by molar-refractivity contribution is -0.121. The van der Waals surface area contributed by atoms with Gasteiger partial charge >= 0.3 is 0 Å². The number of hydrogen-bond acceptors (Lipinski definition) is 5. The van der Waals surface area contributed by atoms with Crippen molar-refractivity contribution < 1.29 is 9.53 Å². The minimum Gasteiger partial charge on any atom is -0.491 e. The molecular weight excluding hydrogens is 370 g/mol. The van der Waals surface area contributed by atoms with Crippen LogP contribution in [0.3, 0.4) is 0 Å². The average molecular weight is 397 g/mol. The van der Waals surface area contributed by atoms with Crippen molar-refractivity contribution in [1.82, 2.24) is 9.55 Å². The SMILES string of the molecule is CC(C)N=C(N=CN)c1cn2c(n1)-c1ccc(NC(C)(C)C(N)=O)cc1OCC2. The molecule has 29 heavy (non-hydrogen) atoms. The van der Waals surface area contributed by atoms with E-state index < -0.39 is 11.4 Å². The Morgan fingerprint density at radius 1 is 1.41 bits per heavy atom. The smallest absolute Gasteiger partial charge is 0.242 e. The van der Waals surface area contributed by atoms with E-state index in [1.807, 2.05) is 42.8 Å². The summed E-state index contributed by atoms with van der Waals surface area (Å²) in [6.07, 6.45) is 3.13. The number of benzene rings is 1. The number of primary amides is 1. The molecular formula is C20H27N7O2. The minimum atomic E-state index is -0.882. The normalized spacial score (nSPS) is 14.3. The van der Waals surface area contributed by atoms with Gasteiger partial charge in [-0.05, 0) is 39.8 Å². The molecule has 1 aliphatic heterocycles. The topological polar surface area (TPSA) is 133 Å². The highest BCUT2D eigenvalue weighted by Gasteiger charge is 2.26. The molecule has 0 fully saturated rings. The van der Waals surface area contributed by atoms with Crippen molar-refractivity contribution in [1.29, 1.82) is 0 Å². The molecule has 154 valence electrons. The lowest BCUT2D eigenvalue weighted by atomic mass is 10.0. The van der Waals surface area contributed by atoms with Gasteiger partial charge in [0.15, 0.2) is 5.84 Å². The largest absolute Gasteiger partial charge is 0.491 e. The molecule has 9 heteroatoms. The number of nitrogens with two attached hydrogens (primary N) is 2. The van der Waals surface area contributed by atoms with E-state index in [0.29, 0.717) is 30.4 Å². The number of hydrogen-bond donors (Lipinski definition) is 3. The number of ether oxygens (including phenoxy) is 1. The van der Waals surface area contributed by atoms with Crippen molar-refractivity contribution in [3.8, 4) is 17.1 Å². The predicted octanol–water partition coefficient (Wildman–Crippen LogP) is 1.76. The maximum atomic E-state index is 11.6. The summed E-state index contributed by atoms with van der Waals surface area (Å²) in [7, 11) is 0. The molecule has 1 aliphatic rings. The molecule has 0 saturated carbocycles. The first-order valence-corrected chi connectivity index (χ1v) is 9.46. The van der Waals surface area contributed by atoms with Gasteiger partial charge in [0.25, 0.3) is 0 Å². The number of imidazole rings is 1. The second-order valence-corrected chi connectivity index (χ2v) is 7.64. The molecule has 2 aromatic rings. The third-order valence-corrected chi connectivity index (χ3v) is 4.47. The summed E-state index contributed by atoms with van der Waals surface area (Å²) < 4.78 is 7.94. The van der Waals surface area contributed by atoms with Gasteiger partial charge in [0.2, 0.25) is 5.91 Å². The highest BCUT2D eigenvalue weighted by Crippen LogP contribution is 2.35. The standard InChI is InChI=1S/C20H27N7O2/c1-12(2)24-17(23-11-21)15-10-27-7-8-29-16-9-13(26-20(3,4)19(22)28)5-6-14(16)18(27)25-15/h5-6,9-12,26H,7-8H2,1-4H3,(H2,22,28)(H2,21,23,24). The molecule has 0 saturated heterocycles. The van der Waals surface area contributed by atoms with E-state index in [2.05, 4.69) is 15.3 Å². The number of anilines is 1. The third-order valence-electron chi connectivity index (χ3n) is 4.47. The quantitative estimate of drug-likeness (QED) is 0.522. The van der Waals surface area contributed by atoms with Crippen LogP contribution in [0.4, 0.5) is 5.69 Å². The fraction of sp³-hybridized carbons (Fsp3) is 0.400. The summed E-state index contributed by atoms with van der Waals surface area (Å²) >= 11 is 0. The summed E-state index contributed by atoms with van der Waals surface area (Å²) in [5.41, 5.74) is 12.3. The van der Waals surface area contributed by atoms with Crippen LogP contribution in [0.25, 0.3) is 11.4 Å². The number of amides is 1. The Morgan fingerprint density at radius 3 is 2.83 bits per heavy atom. The predicted molar refractivity (Wildman–Crippen MR) is 114 cm³/mol. The fourth-order valence-electron chi connectivity index (χ4n) is 2.97. The fourth-order valence-corrected chi connectivity index (χ4v) is 2.97. The van der Waals surface area contributed by atoms with Crippen LogP contribution in [0, 0.1) is 0 Å². The third kappa shape index (κ3) is 4.39. The Balaban J connectivity index is 2.01. The van der Waals surface area contributed by atoms with Gasteiger partial charge in [-0.15, -0.1) is 0 Å². The summed E-state index contributed by atoms with van der Waals surface area (Å²) in [6.45, 7) is 8.52. The second-order valence-electron chi connectivity index (χ2n) is 7.64. The Labute approximate surface area is 169 Å². The molecule has 3 rings (SSSR count). The molecule has 1 amide bonds. The minimum absolute atomic E-state index is 0.0630. The number of rotatable bonds is 5. The summed E-state index contributed by atoms with van der Waals surface area (Å²) in [5.74, 6) is 1.49. The first kappa shape index (κ1) is 20.4. The zero-order chi connectivity index (χ0) is 21.2. The van der Waals surface area contributed by atoms with Crippen molar-refractivity contribution in [2.75, 3.05) is 11.9 Å². The highest BCUT2D eigenvalue weighted by molar-refractivity contribution is 6.01. The van der Waals surface area contributed by atoms with E-state index in [1.165, 1.54) is 6.34 Å². The van der Waals surface area contributed by atoms with E-state index in [9.17, 15) is 4.79 Å². The molecule has 0 atom stereocenters. The van der Waals surface area contributed by atoms with E-state index in [0.717, 1.165) is 17.1 Å². The Hall–Kier alpha value is -3.36. The van der Waals surface area contributed by atoms with Crippen molar-refractivity contribution in [3.63, 3.8) is 0 Å². The van der Waals surface area contributed by atoms with Gasteiger partial charge in [-0.25, -0.2) is 9.98 Å². The maximum Gasteiger partial charge on any atom is 0.242 e. The van der Waals surface area contributed by atoms with Crippen molar-refractivity contribution in [3.05, 3.63) is 30.1 Å². The van der Waals surface area contributed by atoms with Crippen LogP contribution in [-0.2, 0) is 11.3 Å². The number of nitrogens with one attached hydrogen (secondary N) is 1. The lowest BCUT2D eigenvalue weighted by Crippen LogP contribution is -2.45. The zero-order valence-electron chi connectivity index (χ0n) is 17.1. The molecule has 0 radical (unpaired) electrons. The van der Waals surface area contributed by atoms with Gasteiger partial charge in [0, 0.05) is 24.0 Å². The van der Waals surface area contributed by atoms with E-state index in [4.69, 9.17) is 21.2 Å². The first-order valence-electron chi connectivity index (χ1n) is 9.46. The number of aromatic nitrogens is 2. The van der Waals surface area contributed by atoms with Crippen LogP contribution >= 0.6 is 0 Å². The lowest BCUT2D eigenvalue weighted by Gasteiger charge is -2.24. The molecule has 9 nitrogen and oxygen atoms in total. The summed E-state index contributed by atoms with van der Waals surface area (Å²) in [6, 6.07) is 5.70.